The van der Waals surface area contributed by atoms with Crippen LogP contribution in [0.2, 0.25) is 0 Å². The predicted octanol–water partition coefficient (Wildman–Crippen LogP) is 2.21. The first-order chi connectivity index (χ1) is 11.4. The monoisotopic (exact) mass is 422 g/mol. The Bertz CT molecular complexity index is 526. The van der Waals surface area contributed by atoms with Crippen LogP contribution in [-0.2, 0) is 23.8 Å². The number of hydroxylamine groups is 2. The summed E-state index contributed by atoms with van der Waals surface area (Å²) >= 11 is -1.75. The van der Waals surface area contributed by atoms with Crippen molar-refractivity contribution in [3.05, 3.63) is 0 Å². The topological polar surface area (TPSA) is 88.1 Å². The molecule has 0 aliphatic carbocycles. The lowest BCUT2D eigenvalue weighted by Gasteiger charge is -2.32. The minimum atomic E-state index is -6.48. The highest BCUT2D eigenvalue weighted by molar-refractivity contribution is 7.95. The SMILES string of the molecule is O=S(=O)(ON1CCCCCCC1)C(F)(F)C(F)(F)C(F)(F)SOO[O-]. The van der Waals surface area contributed by atoms with Crippen molar-refractivity contribution >= 4 is 22.2 Å². The number of halogens is 6. The molecule has 1 rings (SSSR count). The lowest BCUT2D eigenvalue weighted by Crippen LogP contribution is -2.57. The van der Waals surface area contributed by atoms with Crippen molar-refractivity contribution in [3.63, 3.8) is 0 Å². The Morgan fingerprint density at radius 1 is 0.920 bits per heavy atom. The highest BCUT2D eigenvalue weighted by Crippen LogP contribution is 2.53. The molecule has 1 aliphatic heterocycles. The van der Waals surface area contributed by atoms with E-state index in [1.165, 1.54) is 0 Å². The molecule has 0 N–H and O–H groups in total. The molecule has 25 heavy (non-hydrogen) atoms. The quantitative estimate of drug-likeness (QED) is 0.255. The molecule has 7 nitrogen and oxygen atoms in total. The first kappa shape index (κ1) is 22.7. The van der Waals surface area contributed by atoms with Gasteiger partial charge in [-0.3, -0.25) is 5.04 Å². The molecular formula is C10H14F6NO6S2-. The first-order valence-corrected chi connectivity index (χ1v) is 9.01. The minimum Gasteiger partial charge on any atom is -0.691 e. The summed E-state index contributed by atoms with van der Waals surface area (Å²) in [5.41, 5.74) is 0. The van der Waals surface area contributed by atoms with Crippen molar-refractivity contribution in [2.24, 2.45) is 0 Å². The van der Waals surface area contributed by atoms with E-state index in [1.807, 2.05) is 0 Å². The molecular weight excluding hydrogens is 408 g/mol. The second kappa shape index (κ2) is 8.58. The zero-order valence-electron chi connectivity index (χ0n) is 12.4. The molecule has 1 fully saturated rings. The van der Waals surface area contributed by atoms with Gasteiger partial charge in [-0.25, -0.2) is 0 Å². The van der Waals surface area contributed by atoms with Gasteiger partial charge >= 0.3 is 26.5 Å². The van der Waals surface area contributed by atoms with Crippen LogP contribution < -0.4 is 5.26 Å². The van der Waals surface area contributed by atoms with E-state index in [-0.39, 0.29) is 13.1 Å². The molecule has 1 aliphatic rings. The molecule has 0 atom stereocenters. The van der Waals surface area contributed by atoms with Gasteiger partial charge in [0.25, 0.3) is 0 Å². The second-order valence-electron chi connectivity index (χ2n) is 5.05. The molecule has 0 aromatic heterocycles. The van der Waals surface area contributed by atoms with E-state index in [9.17, 15) is 40.0 Å². The average Bonchev–Trinajstić information content (AvgIpc) is 2.47. The summed E-state index contributed by atoms with van der Waals surface area (Å²) < 4.78 is 111. The van der Waals surface area contributed by atoms with Gasteiger partial charge < -0.3 is 5.26 Å². The standard InChI is InChI=1S/C10H15F6NO6S2/c11-8(12,9(13,14)24-23-22-18)10(15,16)25(19,20)21-17-6-4-2-1-3-5-7-17/h18H,1-7H2/p-1. The fourth-order valence-electron chi connectivity index (χ4n) is 1.91. The molecule has 15 heteroatoms. The van der Waals surface area contributed by atoms with Crippen molar-refractivity contribution in [2.75, 3.05) is 13.1 Å². The Hall–Kier alpha value is -0.320. The van der Waals surface area contributed by atoms with Gasteiger partial charge in [-0.05, 0) is 12.8 Å². The van der Waals surface area contributed by atoms with Crippen LogP contribution in [0, 0.1) is 0 Å². The summed E-state index contributed by atoms with van der Waals surface area (Å²) in [6, 6.07) is 0. The smallest absolute Gasteiger partial charge is 0.440 e. The Morgan fingerprint density at radius 3 is 1.88 bits per heavy atom. The predicted molar refractivity (Wildman–Crippen MR) is 69.3 cm³/mol. The number of rotatable bonds is 8. The molecule has 0 spiro atoms. The van der Waals surface area contributed by atoms with Gasteiger partial charge in [-0.2, -0.15) is 48.4 Å². The van der Waals surface area contributed by atoms with Crippen LogP contribution in [0.4, 0.5) is 26.3 Å². The van der Waals surface area contributed by atoms with Crippen LogP contribution in [0.15, 0.2) is 0 Å². The first-order valence-electron chi connectivity index (χ1n) is 6.86. The van der Waals surface area contributed by atoms with E-state index >= 15 is 0 Å². The van der Waals surface area contributed by atoms with Crippen LogP contribution in [0.5, 0.6) is 0 Å². The number of hydrogen-bond donors (Lipinski definition) is 0. The zero-order chi connectivity index (χ0) is 19.4. The lowest BCUT2D eigenvalue weighted by atomic mass is 10.1. The van der Waals surface area contributed by atoms with E-state index in [2.05, 4.69) is 13.7 Å². The van der Waals surface area contributed by atoms with Gasteiger partial charge in [0, 0.05) is 13.1 Å². The third kappa shape index (κ3) is 5.11. The summed E-state index contributed by atoms with van der Waals surface area (Å²) in [5, 5.41) is 0.188. The molecule has 0 radical (unpaired) electrons. The maximum atomic E-state index is 13.7. The van der Waals surface area contributed by atoms with Gasteiger partial charge in [-0.1, -0.05) is 19.3 Å². The number of alkyl halides is 6. The van der Waals surface area contributed by atoms with Gasteiger partial charge in [0.05, 0.1) is 0 Å². The second-order valence-corrected chi connectivity index (χ2v) is 7.44. The van der Waals surface area contributed by atoms with E-state index in [1.54, 1.807) is 0 Å². The van der Waals surface area contributed by atoms with Crippen molar-refractivity contribution in [1.29, 1.82) is 0 Å². The molecule has 1 heterocycles. The van der Waals surface area contributed by atoms with E-state index in [0.29, 0.717) is 30.7 Å². The minimum absolute atomic E-state index is 0.154. The average molecular weight is 422 g/mol. The van der Waals surface area contributed by atoms with Crippen LogP contribution >= 0.6 is 12.0 Å². The lowest BCUT2D eigenvalue weighted by molar-refractivity contribution is -0.777. The van der Waals surface area contributed by atoms with Crippen molar-refractivity contribution < 1.29 is 53.7 Å². The Kier molecular flexibility index (Phi) is 7.80. The number of nitrogens with zero attached hydrogens (tertiary/aromatic N) is 1. The molecule has 0 aromatic carbocycles. The number of hydrogen-bond acceptors (Lipinski definition) is 8. The Morgan fingerprint density at radius 2 is 1.40 bits per heavy atom. The van der Waals surface area contributed by atoms with E-state index < -0.39 is 38.6 Å². The third-order valence-electron chi connectivity index (χ3n) is 3.23. The fraction of sp³-hybridized carbons (Fsp3) is 1.00. The Labute approximate surface area is 143 Å². The Balaban J connectivity index is 2.99. The van der Waals surface area contributed by atoms with Gasteiger partial charge in [-0.15, -0.1) is 0 Å². The van der Waals surface area contributed by atoms with E-state index in [0.717, 1.165) is 6.42 Å². The molecule has 0 saturated carbocycles. The largest absolute Gasteiger partial charge is 0.691 e. The van der Waals surface area contributed by atoms with Crippen molar-refractivity contribution in [2.45, 2.75) is 48.5 Å². The maximum Gasteiger partial charge on any atom is 0.440 e. The van der Waals surface area contributed by atoms with Gasteiger partial charge in [0.2, 0.25) is 0 Å². The van der Waals surface area contributed by atoms with Gasteiger partial charge in [0.1, 0.15) is 12.0 Å². The van der Waals surface area contributed by atoms with Crippen LogP contribution in [0.3, 0.4) is 0 Å². The molecule has 0 aromatic rings. The zero-order valence-corrected chi connectivity index (χ0v) is 14.1. The fourth-order valence-corrected chi connectivity index (χ4v) is 3.29. The normalized spacial score (nSPS) is 19.5. The van der Waals surface area contributed by atoms with E-state index in [4.69, 9.17) is 0 Å². The maximum absolute atomic E-state index is 13.7. The highest BCUT2D eigenvalue weighted by Gasteiger charge is 2.79. The summed E-state index contributed by atoms with van der Waals surface area (Å²) in [4.78, 5) is 0. The molecule has 150 valence electrons. The van der Waals surface area contributed by atoms with Crippen molar-refractivity contribution in [1.82, 2.24) is 5.06 Å². The van der Waals surface area contributed by atoms with Crippen LogP contribution in [0.25, 0.3) is 0 Å². The summed E-state index contributed by atoms with van der Waals surface area (Å²) in [5.74, 6) is -6.47. The van der Waals surface area contributed by atoms with Crippen molar-refractivity contribution in [3.8, 4) is 0 Å². The molecule has 0 bridgehead atoms. The van der Waals surface area contributed by atoms with Crippen LogP contribution in [0.1, 0.15) is 32.1 Å². The molecule has 1 saturated heterocycles. The third-order valence-corrected chi connectivity index (χ3v) is 5.11. The summed E-state index contributed by atoms with van der Waals surface area (Å²) in [7, 11) is -6.48. The molecule has 0 unspecified atom stereocenters. The molecule has 0 amide bonds. The summed E-state index contributed by atoms with van der Waals surface area (Å²) in [6.07, 6.45) is 2.78. The summed E-state index contributed by atoms with van der Waals surface area (Å²) in [6.45, 7) is -0.307. The highest BCUT2D eigenvalue weighted by atomic mass is 32.2. The van der Waals surface area contributed by atoms with Gasteiger partial charge in [0.15, 0.2) is 0 Å². The van der Waals surface area contributed by atoms with Crippen LogP contribution in [-0.4, -0.2) is 43.0 Å².